The van der Waals surface area contributed by atoms with Crippen LogP contribution >= 0.6 is 11.6 Å². The summed E-state index contributed by atoms with van der Waals surface area (Å²) in [6.45, 7) is 0.719. The first kappa shape index (κ1) is 14.4. The Balaban J connectivity index is 2.36. The van der Waals surface area contributed by atoms with Gasteiger partial charge in [0.1, 0.15) is 0 Å². The summed E-state index contributed by atoms with van der Waals surface area (Å²) < 4.78 is 37.5. The average molecular weight is 309 g/mol. The Hall–Kier alpha value is -2.03. The van der Waals surface area contributed by atoms with Crippen molar-refractivity contribution in [2.24, 2.45) is 0 Å². The van der Waals surface area contributed by atoms with Gasteiger partial charge in [-0.15, -0.1) is 0 Å². The van der Waals surface area contributed by atoms with Gasteiger partial charge in [-0.3, -0.25) is 10.1 Å². The Bertz CT molecular complexity index is 576. The number of rotatable bonds is 2. The maximum absolute atomic E-state index is 12.5. The number of halogens is 4. The van der Waals surface area contributed by atoms with Crippen LogP contribution in [0.4, 0.5) is 19.0 Å². The van der Waals surface area contributed by atoms with Crippen LogP contribution in [-0.2, 0) is 6.18 Å². The van der Waals surface area contributed by atoms with E-state index >= 15 is 0 Å². The van der Waals surface area contributed by atoms with Crippen LogP contribution in [0.5, 0.6) is 0 Å². The molecule has 0 bridgehead atoms. The van der Waals surface area contributed by atoms with Crippen molar-refractivity contribution >= 4 is 17.4 Å². The number of hydrogen-bond acceptors (Lipinski definition) is 5. The van der Waals surface area contributed by atoms with Crippen LogP contribution < -0.4 is 10.2 Å². The Kier molecular flexibility index (Phi) is 3.71. The van der Waals surface area contributed by atoms with Crippen LogP contribution in [-0.4, -0.2) is 23.0 Å². The fourth-order valence-corrected chi connectivity index (χ4v) is 2.00. The summed E-state index contributed by atoms with van der Waals surface area (Å²) in [5.41, 5.74) is -0.974. The van der Waals surface area contributed by atoms with Crippen LogP contribution in [0.1, 0.15) is 5.56 Å². The molecule has 1 aliphatic heterocycles. The fraction of sp³-hybridized carbons (Fsp3) is 0.300. The minimum atomic E-state index is -4.54. The van der Waals surface area contributed by atoms with E-state index < -0.39 is 16.7 Å². The van der Waals surface area contributed by atoms with Crippen LogP contribution in [0.25, 0.3) is 0 Å². The lowest BCUT2D eigenvalue weighted by molar-refractivity contribution is -0.403. The van der Waals surface area contributed by atoms with E-state index in [-0.39, 0.29) is 16.7 Å². The molecule has 6 nitrogen and oxygen atoms in total. The summed E-state index contributed by atoms with van der Waals surface area (Å²) in [4.78, 5) is 14.8. The van der Waals surface area contributed by atoms with Crippen molar-refractivity contribution in [1.29, 1.82) is 0 Å². The van der Waals surface area contributed by atoms with Crippen molar-refractivity contribution in [1.82, 2.24) is 10.3 Å². The third-order valence-corrected chi connectivity index (χ3v) is 2.84. The molecule has 0 aromatic carbocycles. The van der Waals surface area contributed by atoms with E-state index in [0.29, 0.717) is 25.5 Å². The molecule has 1 N–H and O–H groups in total. The number of hydrogen-bond donors (Lipinski definition) is 1. The van der Waals surface area contributed by atoms with Crippen molar-refractivity contribution in [3.8, 4) is 0 Å². The van der Waals surface area contributed by atoms with Gasteiger partial charge in [0.15, 0.2) is 11.6 Å². The van der Waals surface area contributed by atoms with Gasteiger partial charge >= 0.3 is 6.18 Å². The first-order valence-corrected chi connectivity index (χ1v) is 5.76. The Labute approximate surface area is 116 Å². The molecule has 1 fully saturated rings. The summed E-state index contributed by atoms with van der Waals surface area (Å²) in [5, 5.41) is 13.0. The standard InChI is InChI=1S/C10H8ClF3N4O2/c11-7-3-6(10(12,13)14)4-16-9(7)17-2-1-15-8(17)5-18(19)20/h3-5,15H,1-2H2. The van der Waals surface area contributed by atoms with E-state index in [0.717, 1.165) is 6.07 Å². The van der Waals surface area contributed by atoms with Gasteiger partial charge in [-0.1, -0.05) is 11.6 Å². The highest BCUT2D eigenvalue weighted by molar-refractivity contribution is 6.33. The van der Waals surface area contributed by atoms with Crippen molar-refractivity contribution in [3.05, 3.63) is 45.0 Å². The molecule has 0 aliphatic carbocycles. The van der Waals surface area contributed by atoms with Gasteiger partial charge in [0.05, 0.1) is 15.5 Å². The third kappa shape index (κ3) is 2.93. The second kappa shape index (κ2) is 5.16. The highest BCUT2D eigenvalue weighted by atomic mass is 35.5. The molecule has 0 radical (unpaired) electrons. The van der Waals surface area contributed by atoms with Gasteiger partial charge in [-0.2, -0.15) is 13.2 Å². The monoisotopic (exact) mass is 308 g/mol. The number of nitro groups is 1. The minimum Gasteiger partial charge on any atom is -0.364 e. The summed E-state index contributed by atoms with van der Waals surface area (Å²) in [6, 6.07) is 0.742. The molecule has 1 saturated heterocycles. The topological polar surface area (TPSA) is 71.3 Å². The highest BCUT2D eigenvalue weighted by Gasteiger charge is 2.33. The van der Waals surface area contributed by atoms with Gasteiger partial charge in [-0.25, -0.2) is 4.98 Å². The normalized spacial score (nSPS) is 17.4. The van der Waals surface area contributed by atoms with Gasteiger partial charge in [0.25, 0.3) is 6.20 Å². The summed E-state index contributed by atoms with van der Waals surface area (Å²) in [5.74, 6) is 0.168. The average Bonchev–Trinajstić information content (AvgIpc) is 2.74. The molecule has 0 unspecified atom stereocenters. The number of pyridine rings is 1. The molecular formula is C10H8ClF3N4O2. The van der Waals surface area contributed by atoms with E-state index in [2.05, 4.69) is 10.3 Å². The molecule has 1 aromatic rings. The van der Waals surface area contributed by atoms with E-state index in [1.54, 1.807) is 0 Å². The largest absolute Gasteiger partial charge is 0.417 e. The maximum Gasteiger partial charge on any atom is 0.417 e. The first-order valence-electron chi connectivity index (χ1n) is 5.38. The van der Waals surface area contributed by atoms with Crippen LogP contribution in [0.3, 0.4) is 0 Å². The Morgan fingerprint density at radius 1 is 1.55 bits per heavy atom. The molecule has 0 atom stereocenters. The van der Waals surface area contributed by atoms with Crippen molar-refractivity contribution in [3.63, 3.8) is 0 Å². The lowest BCUT2D eigenvalue weighted by Gasteiger charge is -2.18. The fourth-order valence-electron chi connectivity index (χ4n) is 1.73. The molecule has 2 heterocycles. The highest BCUT2D eigenvalue weighted by Crippen LogP contribution is 2.34. The van der Waals surface area contributed by atoms with Gasteiger partial charge in [0, 0.05) is 19.3 Å². The van der Waals surface area contributed by atoms with Crippen molar-refractivity contribution < 1.29 is 18.1 Å². The summed E-state index contributed by atoms with van der Waals surface area (Å²) >= 11 is 5.79. The summed E-state index contributed by atoms with van der Waals surface area (Å²) in [7, 11) is 0. The Morgan fingerprint density at radius 3 is 2.80 bits per heavy atom. The lowest BCUT2D eigenvalue weighted by Crippen LogP contribution is -2.22. The molecule has 0 saturated carbocycles. The molecule has 1 aliphatic rings. The maximum atomic E-state index is 12.5. The van der Waals surface area contributed by atoms with E-state index in [4.69, 9.17) is 11.6 Å². The van der Waals surface area contributed by atoms with Gasteiger partial charge in [-0.05, 0) is 6.07 Å². The van der Waals surface area contributed by atoms with Crippen LogP contribution in [0.15, 0.2) is 24.3 Å². The zero-order valence-corrected chi connectivity index (χ0v) is 10.6. The predicted molar refractivity (Wildman–Crippen MR) is 64.7 cm³/mol. The van der Waals surface area contributed by atoms with Gasteiger partial charge < -0.3 is 10.2 Å². The number of aromatic nitrogens is 1. The number of nitrogens with zero attached hydrogens (tertiary/aromatic N) is 3. The van der Waals surface area contributed by atoms with E-state index in [9.17, 15) is 23.3 Å². The molecule has 0 spiro atoms. The molecule has 2 rings (SSSR count). The van der Waals surface area contributed by atoms with E-state index in [1.807, 2.05) is 0 Å². The zero-order valence-electron chi connectivity index (χ0n) is 9.82. The van der Waals surface area contributed by atoms with Gasteiger partial charge in [0.2, 0.25) is 0 Å². The second-order valence-electron chi connectivity index (χ2n) is 3.91. The molecular weight excluding hydrogens is 301 g/mol. The third-order valence-electron chi connectivity index (χ3n) is 2.56. The number of anilines is 1. The predicted octanol–water partition coefficient (Wildman–Crippen LogP) is 2.24. The number of nitrogens with one attached hydrogen (secondary N) is 1. The molecule has 0 amide bonds. The zero-order chi connectivity index (χ0) is 14.9. The quantitative estimate of drug-likeness (QED) is 0.670. The summed E-state index contributed by atoms with van der Waals surface area (Å²) in [6.07, 6.45) is -3.19. The van der Waals surface area contributed by atoms with Crippen molar-refractivity contribution in [2.75, 3.05) is 18.0 Å². The smallest absolute Gasteiger partial charge is 0.364 e. The molecule has 1 aromatic heterocycles. The second-order valence-corrected chi connectivity index (χ2v) is 4.31. The van der Waals surface area contributed by atoms with Crippen LogP contribution in [0, 0.1) is 10.1 Å². The van der Waals surface area contributed by atoms with Crippen LogP contribution in [0.2, 0.25) is 5.02 Å². The lowest BCUT2D eigenvalue weighted by atomic mass is 10.2. The minimum absolute atomic E-state index is 0.0396. The van der Waals surface area contributed by atoms with E-state index in [1.165, 1.54) is 4.90 Å². The molecule has 108 valence electrons. The van der Waals surface area contributed by atoms with Crippen molar-refractivity contribution in [2.45, 2.75) is 6.18 Å². The molecule has 10 heteroatoms. The first-order chi connectivity index (χ1) is 9.29. The molecule has 20 heavy (non-hydrogen) atoms. The number of alkyl halides is 3. The SMILES string of the molecule is O=[N+]([O-])C=C1NCCN1c1ncc(C(F)(F)F)cc1Cl. The Morgan fingerprint density at radius 2 is 2.25 bits per heavy atom.